The van der Waals surface area contributed by atoms with E-state index in [9.17, 15) is 15.1 Å². The molecule has 0 bridgehead atoms. The Labute approximate surface area is 41.0 Å². The van der Waals surface area contributed by atoms with Gasteiger partial charge in [-0.15, -0.1) is 0 Å². The average molecular weight is 311 g/mol. The Morgan fingerprint density at radius 2 is 0.857 bits per heavy atom. The molecule has 7 heavy (non-hydrogen) atoms. The van der Waals surface area contributed by atoms with Crippen molar-refractivity contribution < 1.29 is 31.3 Å². The number of hydrogen-bond donors (Lipinski definition) is 0. The molecule has 0 aliphatic heterocycles. The van der Waals surface area contributed by atoms with Crippen LogP contribution >= 0.6 is 9.19 Å². The van der Waals surface area contributed by atoms with Gasteiger partial charge in [-0.1, -0.05) is 0 Å². The molecule has 0 aliphatic rings. The SMILES string of the molecule is [F][Ta]([F])([F])([F])([F])[Cl]. The summed E-state index contributed by atoms with van der Waals surface area (Å²) in [5.41, 5.74) is 0. The van der Waals surface area contributed by atoms with Crippen LogP contribution in [-0.4, -0.2) is 0 Å². The zero-order chi connectivity index (χ0) is 6.41. The summed E-state index contributed by atoms with van der Waals surface area (Å²) in [5, 5.41) is 0. The van der Waals surface area contributed by atoms with Crippen molar-refractivity contribution in [1.29, 1.82) is 0 Å². The van der Waals surface area contributed by atoms with E-state index in [1.807, 2.05) is 0 Å². The van der Waals surface area contributed by atoms with Gasteiger partial charge >= 0.3 is 40.5 Å². The van der Waals surface area contributed by atoms with Gasteiger partial charge in [-0.05, 0) is 0 Å². The van der Waals surface area contributed by atoms with Crippen LogP contribution in [0.25, 0.3) is 0 Å². The van der Waals surface area contributed by atoms with Crippen LogP contribution in [0.3, 0.4) is 0 Å². The average Bonchev–Trinajstić information content (AvgIpc) is 0.592. The Morgan fingerprint density at radius 3 is 0.857 bits per heavy atom. The van der Waals surface area contributed by atoms with Gasteiger partial charge in [-0.3, -0.25) is 0 Å². The van der Waals surface area contributed by atoms with Crippen molar-refractivity contribution >= 4 is 9.19 Å². The van der Waals surface area contributed by atoms with E-state index in [-0.39, 0.29) is 0 Å². The number of hydrogen-bond acceptors (Lipinski definition) is 0. The van der Waals surface area contributed by atoms with Crippen LogP contribution in [-0.2, 0) is 16.2 Å². The second-order valence-electron chi connectivity index (χ2n) is 0.958. The van der Waals surface area contributed by atoms with Gasteiger partial charge in [0, 0.05) is 0 Å². The number of rotatable bonds is 0. The van der Waals surface area contributed by atoms with Crippen LogP contribution in [0.5, 0.6) is 0 Å². The molecule has 0 aromatic heterocycles. The van der Waals surface area contributed by atoms with Crippen LogP contribution in [0.15, 0.2) is 0 Å². The molecule has 0 saturated carbocycles. The van der Waals surface area contributed by atoms with Crippen LogP contribution in [0.1, 0.15) is 0 Å². The van der Waals surface area contributed by atoms with Crippen molar-refractivity contribution in [1.82, 2.24) is 0 Å². The van der Waals surface area contributed by atoms with E-state index in [0.717, 1.165) is 0 Å². The van der Waals surface area contributed by atoms with Gasteiger partial charge in [0.05, 0.1) is 0 Å². The molecule has 0 saturated heterocycles. The topological polar surface area (TPSA) is 0 Å². The van der Waals surface area contributed by atoms with E-state index < -0.39 is 16.2 Å². The first-order chi connectivity index (χ1) is 2.45. The summed E-state index contributed by atoms with van der Waals surface area (Å²) in [6.07, 6.45) is 0. The van der Waals surface area contributed by atoms with Crippen molar-refractivity contribution in [3.05, 3.63) is 0 Å². The minimum atomic E-state index is -10.4. The Bertz CT molecular complexity index is 66.6. The molecule has 7 heteroatoms. The van der Waals surface area contributed by atoms with Gasteiger partial charge in [0.25, 0.3) is 0 Å². The fourth-order valence-electron chi connectivity index (χ4n) is 0. The third-order valence-electron chi connectivity index (χ3n) is 0. The van der Waals surface area contributed by atoms with Crippen molar-refractivity contribution in [2.75, 3.05) is 0 Å². The van der Waals surface area contributed by atoms with E-state index in [1.54, 1.807) is 0 Å². The maximum absolute atomic E-state index is 10.4. The Morgan fingerprint density at radius 1 is 0.857 bits per heavy atom. The predicted octanol–water partition coefficient (Wildman–Crippen LogP) is 2.79. The van der Waals surface area contributed by atoms with Crippen molar-refractivity contribution in [2.45, 2.75) is 0 Å². The summed E-state index contributed by atoms with van der Waals surface area (Å²) in [6, 6.07) is 0. The van der Waals surface area contributed by atoms with Crippen molar-refractivity contribution in [2.24, 2.45) is 0 Å². The predicted molar refractivity (Wildman–Crippen MR) is 11.4 cm³/mol. The third kappa shape index (κ3) is 316. The molecule has 0 atom stereocenters. The second-order valence-corrected chi connectivity index (χ2v) is 13.1. The van der Waals surface area contributed by atoms with Crippen LogP contribution in [0.2, 0.25) is 0 Å². The molecule has 0 aliphatic carbocycles. The zero-order valence-electron chi connectivity index (χ0n) is 2.72. The molecule has 0 aromatic carbocycles. The summed E-state index contributed by atoms with van der Waals surface area (Å²) in [7, 11) is 2.91. The Kier molecular flexibility index (Phi) is 0.962. The van der Waals surface area contributed by atoms with Gasteiger partial charge in [0.15, 0.2) is 0 Å². The Hall–Kier alpha value is 0.680. The molecule has 0 radical (unpaired) electrons. The molecule has 0 heterocycles. The standard InChI is InChI=1S/ClH.5FH.Ta/h6*1H;/q;;;;;;+6/p-6. The van der Waals surface area contributed by atoms with E-state index >= 15 is 0 Å². The summed E-state index contributed by atoms with van der Waals surface area (Å²) in [6.45, 7) is 0. The van der Waals surface area contributed by atoms with Crippen LogP contribution in [0, 0.1) is 0 Å². The maximum atomic E-state index is 10.4. The summed E-state index contributed by atoms with van der Waals surface area (Å²) in [4.78, 5) is 0. The molecule has 0 aromatic rings. The first kappa shape index (κ1) is 7.68. The first-order valence-electron chi connectivity index (χ1n) is 1.01. The van der Waals surface area contributed by atoms with E-state index in [1.165, 1.54) is 0 Å². The molecule has 0 amide bonds. The van der Waals surface area contributed by atoms with Crippen LogP contribution in [0.4, 0.5) is 15.1 Å². The van der Waals surface area contributed by atoms with Gasteiger partial charge in [0.1, 0.15) is 0 Å². The fourth-order valence-corrected chi connectivity index (χ4v) is 0. The monoisotopic (exact) mass is 311 g/mol. The molecule has 0 N–H and O–H groups in total. The quantitative estimate of drug-likeness (QED) is 0.604. The Balaban J connectivity index is 4.43. The van der Waals surface area contributed by atoms with Crippen molar-refractivity contribution in [3.63, 3.8) is 0 Å². The van der Waals surface area contributed by atoms with Gasteiger partial charge in [-0.2, -0.15) is 0 Å². The summed E-state index contributed by atoms with van der Waals surface area (Å²) < 4.78 is 51.8. The van der Waals surface area contributed by atoms with Crippen molar-refractivity contribution in [3.8, 4) is 0 Å². The van der Waals surface area contributed by atoms with Gasteiger partial charge in [-0.25, -0.2) is 0 Å². The summed E-state index contributed by atoms with van der Waals surface area (Å²) >= 11 is -10.4. The van der Waals surface area contributed by atoms with Gasteiger partial charge < -0.3 is 0 Å². The molecule has 0 fully saturated rings. The molecule has 0 unspecified atom stereocenters. The molecule has 0 rings (SSSR count). The molecular weight excluding hydrogens is 311 g/mol. The molecule has 0 spiro atoms. The van der Waals surface area contributed by atoms with E-state index in [2.05, 4.69) is 9.19 Å². The van der Waals surface area contributed by atoms with Gasteiger partial charge in [0.2, 0.25) is 0 Å². The zero-order valence-corrected chi connectivity index (χ0v) is 6.68. The minimum absolute atomic E-state index is 2.91. The fraction of sp³-hybridized carbons (Fsp3) is 0. The number of halogens is 6. The van der Waals surface area contributed by atoms with E-state index in [4.69, 9.17) is 0 Å². The normalized spacial score (nSPS) is 23.1. The first-order valence-corrected chi connectivity index (χ1v) is 11.1. The molecular formula is ClF5Ta. The molecule has 47 valence electrons. The van der Waals surface area contributed by atoms with E-state index in [0.29, 0.717) is 0 Å². The van der Waals surface area contributed by atoms with Crippen LogP contribution < -0.4 is 0 Å². The summed E-state index contributed by atoms with van der Waals surface area (Å²) in [5.74, 6) is 0. The third-order valence-corrected chi connectivity index (χ3v) is 0. The second kappa shape index (κ2) is 0.877. The molecule has 0 nitrogen and oxygen atoms in total.